The number of fused-ring (bicyclic) bond motifs is 2. The second kappa shape index (κ2) is 11.2. The van der Waals surface area contributed by atoms with Crippen LogP contribution in [0.4, 0.5) is 4.39 Å². The predicted molar refractivity (Wildman–Crippen MR) is 143 cm³/mol. The second-order valence-corrected chi connectivity index (χ2v) is 10.2. The average Bonchev–Trinajstić information content (AvgIpc) is 3.35. The fourth-order valence-electron chi connectivity index (χ4n) is 5.77. The first-order chi connectivity index (χ1) is 18.4. The fourth-order valence-corrected chi connectivity index (χ4v) is 5.77. The van der Waals surface area contributed by atoms with Crippen LogP contribution in [0.5, 0.6) is 0 Å². The summed E-state index contributed by atoms with van der Waals surface area (Å²) >= 11 is 0. The Bertz CT molecular complexity index is 1320. The number of hydrogen-bond donors (Lipinski definition) is 2. The Balaban J connectivity index is 1.36. The highest BCUT2D eigenvalue weighted by molar-refractivity contribution is 5.93. The third-order valence-electron chi connectivity index (χ3n) is 7.68. The van der Waals surface area contributed by atoms with Crippen LogP contribution in [0.1, 0.15) is 40.3 Å². The molecule has 3 aromatic rings. The number of nitrogens with zero attached hydrogens (tertiary/aromatic N) is 1. The first-order valence-electron chi connectivity index (χ1n) is 13.1. The first-order valence-corrected chi connectivity index (χ1v) is 13.1. The molecule has 0 bridgehead atoms. The third kappa shape index (κ3) is 5.47. The molecule has 6 nitrogen and oxygen atoms in total. The van der Waals surface area contributed by atoms with E-state index in [0.29, 0.717) is 19.4 Å². The van der Waals surface area contributed by atoms with Gasteiger partial charge in [-0.15, -0.1) is 0 Å². The van der Waals surface area contributed by atoms with E-state index in [1.807, 2.05) is 36.4 Å². The number of amides is 3. The smallest absolute Gasteiger partial charge is 0.248 e. The van der Waals surface area contributed by atoms with Gasteiger partial charge < -0.3 is 15.5 Å². The van der Waals surface area contributed by atoms with Gasteiger partial charge in [0, 0.05) is 26.4 Å². The molecule has 1 aliphatic heterocycles. The molecule has 0 saturated heterocycles. The van der Waals surface area contributed by atoms with Gasteiger partial charge in [-0.05, 0) is 65.1 Å². The number of nitrogens with one attached hydrogen (secondary N) is 2. The van der Waals surface area contributed by atoms with Crippen LogP contribution >= 0.6 is 0 Å². The molecule has 5 rings (SSSR count). The zero-order valence-electron chi connectivity index (χ0n) is 21.5. The first kappa shape index (κ1) is 25.6. The van der Waals surface area contributed by atoms with Crippen LogP contribution < -0.4 is 10.6 Å². The molecule has 1 heterocycles. The predicted octanol–water partition coefficient (Wildman–Crippen LogP) is 3.53. The van der Waals surface area contributed by atoms with E-state index in [1.165, 1.54) is 30.3 Å². The SMILES string of the molecule is CNC(=O)[C@@H](Cc1ccc(F)cc1)NC(=O)[C@H]1c2ccccc2CCN1C(=O)CC1Cc2ccccc2C1. The van der Waals surface area contributed by atoms with Gasteiger partial charge in [-0.1, -0.05) is 60.7 Å². The molecule has 7 heteroatoms. The molecular weight excluding hydrogens is 481 g/mol. The molecule has 3 aromatic carbocycles. The van der Waals surface area contributed by atoms with Crippen LogP contribution in [0.3, 0.4) is 0 Å². The summed E-state index contributed by atoms with van der Waals surface area (Å²) in [6, 6.07) is 20.1. The zero-order valence-corrected chi connectivity index (χ0v) is 21.5. The van der Waals surface area contributed by atoms with E-state index in [2.05, 4.69) is 22.8 Å². The summed E-state index contributed by atoms with van der Waals surface area (Å²) in [4.78, 5) is 41.9. The van der Waals surface area contributed by atoms with Gasteiger partial charge >= 0.3 is 0 Å². The van der Waals surface area contributed by atoms with Gasteiger partial charge in [0.15, 0.2) is 0 Å². The van der Waals surface area contributed by atoms with Gasteiger partial charge in [0.25, 0.3) is 0 Å². The van der Waals surface area contributed by atoms with Crippen molar-refractivity contribution in [2.75, 3.05) is 13.6 Å². The highest BCUT2D eigenvalue weighted by Gasteiger charge is 2.38. The van der Waals surface area contributed by atoms with E-state index in [0.717, 1.165) is 29.5 Å². The van der Waals surface area contributed by atoms with Crippen molar-refractivity contribution < 1.29 is 18.8 Å². The van der Waals surface area contributed by atoms with Crippen molar-refractivity contribution in [2.24, 2.45) is 5.92 Å². The summed E-state index contributed by atoms with van der Waals surface area (Å²) in [5.41, 5.74) is 5.12. The van der Waals surface area contributed by atoms with Gasteiger partial charge in [-0.2, -0.15) is 0 Å². The normalized spacial score (nSPS) is 17.3. The lowest BCUT2D eigenvalue weighted by atomic mass is 9.90. The van der Waals surface area contributed by atoms with Crippen LogP contribution in [-0.4, -0.2) is 42.3 Å². The molecule has 0 unspecified atom stereocenters. The number of carbonyl (C=O) groups excluding carboxylic acids is 3. The van der Waals surface area contributed by atoms with E-state index >= 15 is 0 Å². The van der Waals surface area contributed by atoms with E-state index < -0.39 is 18.0 Å². The van der Waals surface area contributed by atoms with E-state index in [4.69, 9.17) is 0 Å². The molecule has 0 saturated carbocycles. The molecule has 2 atom stereocenters. The van der Waals surface area contributed by atoms with Crippen molar-refractivity contribution in [1.82, 2.24) is 15.5 Å². The Morgan fingerprint density at radius 1 is 0.921 bits per heavy atom. The Kier molecular flexibility index (Phi) is 7.54. The molecule has 0 fully saturated rings. The van der Waals surface area contributed by atoms with Crippen molar-refractivity contribution in [3.05, 3.63) is 106 Å². The van der Waals surface area contributed by atoms with Crippen molar-refractivity contribution >= 4 is 17.7 Å². The maximum absolute atomic E-state index is 13.8. The molecule has 196 valence electrons. The summed E-state index contributed by atoms with van der Waals surface area (Å²) < 4.78 is 13.4. The van der Waals surface area contributed by atoms with Gasteiger partial charge in [0.1, 0.15) is 17.9 Å². The Morgan fingerprint density at radius 2 is 1.55 bits per heavy atom. The van der Waals surface area contributed by atoms with E-state index in [9.17, 15) is 18.8 Å². The molecule has 2 N–H and O–H groups in total. The lowest BCUT2D eigenvalue weighted by Gasteiger charge is -2.37. The zero-order chi connectivity index (χ0) is 26.6. The van der Waals surface area contributed by atoms with Gasteiger partial charge in [-0.3, -0.25) is 14.4 Å². The quantitative estimate of drug-likeness (QED) is 0.508. The number of benzene rings is 3. The average molecular weight is 514 g/mol. The van der Waals surface area contributed by atoms with E-state index in [1.54, 1.807) is 17.0 Å². The summed E-state index contributed by atoms with van der Waals surface area (Å²) in [5.74, 6) is -0.956. The minimum Gasteiger partial charge on any atom is -0.357 e. The summed E-state index contributed by atoms with van der Waals surface area (Å²) in [6.07, 6.45) is 2.97. The summed E-state index contributed by atoms with van der Waals surface area (Å²) in [6.45, 7) is 0.441. The van der Waals surface area contributed by atoms with Gasteiger partial charge in [-0.25, -0.2) is 4.39 Å². The maximum Gasteiger partial charge on any atom is 0.248 e. The topological polar surface area (TPSA) is 78.5 Å². The van der Waals surface area contributed by atoms with Crippen LogP contribution in [0.2, 0.25) is 0 Å². The molecule has 0 aromatic heterocycles. The van der Waals surface area contributed by atoms with Crippen molar-refractivity contribution in [1.29, 1.82) is 0 Å². The fraction of sp³-hybridized carbons (Fsp3) is 0.323. The lowest BCUT2D eigenvalue weighted by molar-refractivity contribution is -0.143. The molecular formula is C31H32FN3O3. The minimum absolute atomic E-state index is 0.0486. The van der Waals surface area contributed by atoms with Gasteiger partial charge in [0.05, 0.1) is 0 Å². The molecule has 38 heavy (non-hydrogen) atoms. The van der Waals surface area contributed by atoms with Crippen molar-refractivity contribution in [3.8, 4) is 0 Å². The number of likely N-dealkylation sites (N-methyl/N-ethyl adjacent to an activating group) is 1. The Hall–Kier alpha value is -4.00. The summed E-state index contributed by atoms with van der Waals surface area (Å²) in [5, 5.41) is 5.50. The van der Waals surface area contributed by atoms with Crippen LogP contribution in [-0.2, 0) is 40.1 Å². The number of carbonyl (C=O) groups is 3. The summed E-state index contributed by atoms with van der Waals surface area (Å²) in [7, 11) is 1.51. The number of rotatable bonds is 7. The molecule has 3 amide bonds. The number of halogens is 1. The standard InChI is InChI=1S/C31H32FN3O3/c1-33-30(37)27(18-20-10-12-25(32)13-11-20)34-31(38)29-26-9-5-4-6-22(26)14-15-35(29)28(36)19-21-16-23-7-2-3-8-24(23)17-21/h2-13,21,27,29H,14-19H2,1H3,(H,33,37)(H,34,38)/t27-,29-/m1/s1. The van der Waals surface area contributed by atoms with Crippen LogP contribution in [0.15, 0.2) is 72.8 Å². The molecule has 1 aliphatic carbocycles. The maximum atomic E-state index is 13.8. The molecule has 2 aliphatic rings. The minimum atomic E-state index is -0.867. The van der Waals surface area contributed by atoms with E-state index in [-0.39, 0.29) is 30.0 Å². The Labute approximate surface area is 222 Å². The largest absolute Gasteiger partial charge is 0.357 e. The van der Waals surface area contributed by atoms with Crippen molar-refractivity contribution in [2.45, 2.75) is 44.2 Å². The number of hydrogen-bond acceptors (Lipinski definition) is 3. The highest BCUT2D eigenvalue weighted by atomic mass is 19.1. The monoisotopic (exact) mass is 513 g/mol. The third-order valence-corrected chi connectivity index (χ3v) is 7.68. The second-order valence-electron chi connectivity index (χ2n) is 10.2. The lowest BCUT2D eigenvalue weighted by Crippen LogP contribution is -2.53. The Morgan fingerprint density at radius 3 is 2.21 bits per heavy atom. The molecule has 0 radical (unpaired) electrons. The molecule has 0 spiro atoms. The van der Waals surface area contributed by atoms with Crippen molar-refractivity contribution in [3.63, 3.8) is 0 Å². The van der Waals surface area contributed by atoms with Gasteiger partial charge in [0.2, 0.25) is 17.7 Å². The highest BCUT2D eigenvalue weighted by Crippen LogP contribution is 2.34. The van der Waals surface area contributed by atoms with Crippen LogP contribution in [0, 0.1) is 11.7 Å². The van der Waals surface area contributed by atoms with Crippen LogP contribution in [0.25, 0.3) is 0 Å².